The van der Waals surface area contributed by atoms with Gasteiger partial charge in [-0.1, -0.05) is 19.4 Å². The van der Waals surface area contributed by atoms with Gasteiger partial charge in [-0.3, -0.25) is 0 Å². The van der Waals surface area contributed by atoms with Gasteiger partial charge in [0.25, 0.3) is 0 Å². The standard InChI is InChI=1S/C21H24FNO3/c1-12(2)11-26-17-9-15(8-16(22)10-17)19-7-6-18(21(24)25)20(23-19)14(5)13(3)4/h6-10,12H,11H2,1-5H3,(H,24,25). The maximum Gasteiger partial charge on any atom is 0.337 e. The largest absolute Gasteiger partial charge is 0.493 e. The predicted molar refractivity (Wildman–Crippen MR) is 101 cm³/mol. The number of halogens is 1. The average Bonchev–Trinajstić information content (AvgIpc) is 2.58. The molecule has 0 radical (unpaired) electrons. The molecule has 0 saturated carbocycles. The zero-order valence-electron chi connectivity index (χ0n) is 15.8. The monoisotopic (exact) mass is 357 g/mol. The second-order valence-electron chi connectivity index (χ2n) is 6.90. The first-order valence-corrected chi connectivity index (χ1v) is 8.51. The summed E-state index contributed by atoms with van der Waals surface area (Å²) in [6, 6.07) is 7.51. The smallest absolute Gasteiger partial charge is 0.337 e. The number of aromatic carboxylic acids is 1. The molecule has 0 aliphatic rings. The Labute approximate surface area is 153 Å². The highest BCUT2D eigenvalue weighted by Gasteiger charge is 2.16. The third-order valence-corrected chi connectivity index (χ3v) is 3.98. The van der Waals surface area contributed by atoms with Gasteiger partial charge in [0.1, 0.15) is 11.6 Å². The van der Waals surface area contributed by atoms with Crippen LogP contribution >= 0.6 is 0 Å². The number of allylic oxidation sites excluding steroid dienone is 2. The summed E-state index contributed by atoms with van der Waals surface area (Å²) in [7, 11) is 0. The van der Waals surface area contributed by atoms with E-state index in [0.29, 0.717) is 35.2 Å². The minimum Gasteiger partial charge on any atom is -0.493 e. The van der Waals surface area contributed by atoms with Gasteiger partial charge in [-0.2, -0.15) is 0 Å². The fourth-order valence-corrected chi connectivity index (χ4v) is 2.37. The molecule has 0 fully saturated rings. The van der Waals surface area contributed by atoms with Crippen molar-refractivity contribution in [1.29, 1.82) is 0 Å². The number of pyridine rings is 1. The highest BCUT2D eigenvalue weighted by Crippen LogP contribution is 2.28. The zero-order chi connectivity index (χ0) is 19.4. The van der Waals surface area contributed by atoms with Crippen LogP contribution < -0.4 is 4.74 Å². The molecule has 0 saturated heterocycles. The summed E-state index contributed by atoms with van der Waals surface area (Å²) >= 11 is 0. The lowest BCUT2D eigenvalue weighted by Gasteiger charge is -2.13. The number of nitrogens with zero attached hydrogens (tertiary/aromatic N) is 1. The van der Waals surface area contributed by atoms with E-state index in [1.54, 1.807) is 12.1 Å². The Morgan fingerprint density at radius 2 is 1.88 bits per heavy atom. The Morgan fingerprint density at radius 3 is 2.46 bits per heavy atom. The number of rotatable bonds is 6. The van der Waals surface area contributed by atoms with Crippen LogP contribution in [0, 0.1) is 11.7 Å². The molecule has 1 heterocycles. The number of carboxylic acid groups (broad SMARTS) is 1. The normalized spacial score (nSPS) is 10.7. The number of hydrogen-bond donors (Lipinski definition) is 1. The van der Waals surface area contributed by atoms with Gasteiger partial charge in [-0.15, -0.1) is 0 Å². The van der Waals surface area contributed by atoms with Crippen LogP contribution in [0.3, 0.4) is 0 Å². The van der Waals surface area contributed by atoms with Crippen LogP contribution in [-0.4, -0.2) is 22.7 Å². The average molecular weight is 357 g/mol. The van der Waals surface area contributed by atoms with Gasteiger partial charge in [0.15, 0.2) is 0 Å². The minimum absolute atomic E-state index is 0.125. The molecule has 0 bridgehead atoms. The van der Waals surface area contributed by atoms with Crippen LogP contribution in [0.4, 0.5) is 4.39 Å². The highest BCUT2D eigenvalue weighted by atomic mass is 19.1. The molecule has 5 heteroatoms. The van der Waals surface area contributed by atoms with E-state index in [2.05, 4.69) is 4.98 Å². The summed E-state index contributed by atoms with van der Waals surface area (Å²) in [4.78, 5) is 16.0. The maximum atomic E-state index is 14.0. The number of carboxylic acids is 1. The van der Waals surface area contributed by atoms with Crippen molar-refractivity contribution in [1.82, 2.24) is 4.98 Å². The van der Waals surface area contributed by atoms with E-state index < -0.39 is 11.8 Å². The Bertz CT molecular complexity index is 852. The highest BCUT2D eigenvalue weighted by molar-refractivity contribution is 5.93. The van der Waals surface area contributed by atoms with Crippen LogP contribution in [-0.2, 0) is 0 Å². The molecular weight excluding hydrogens is 333 g/mol. The van der Waals surface area contributed by atoms with Gasteiger partial charge in [-0.05, 0) is 56.5 Å². The molecule has 1 N–H and O–H groups in total. The van der Waals surface area contributed by atoms with Crippen molar-refractivity contribution in [2.45, 2.75) is 34.6 Å². The summed E-state index contributed by atoms with van der Waals surface area (Å²) in [6.45, 7) is 10.1. The predicted octanol–water partition coefficient (Wildman–Crippen LogP) is 5.43. The van der Waals surface area contributed by atoms with Gasteiger partial charge >= 0.3 is 5.97 Å². The van der Waals surface area contributed by atoms with Gasteiger partial charge in [0.05, 0.1) is 23.6 Å². The first-order chi connectivity index (χ1) is 12.2. The fraction of sp³-hybridized carbons (Fsp3) is 0.333. The molecule has 1 aromatic heterocycles. The SMILES string of the molecule is CC(C)=C(C)c1nc(-c2cc(F)cc(OCC(C)C)c2)ccc1C(=O)O. The van der Waals surface area contributed by atoms with Crippen LogP contribution in [0.15, 0.2) is 35.9 Å². The van der Waals surface area contributed by atoms with Crippen molar-refractivity contribution in [3.05, 3.63) is 53.0 Å². The Morgan fingerprint density at radius 1 is 1.19 bits per heavy atom. The molecule has 2 aromatic rings. The molecule has 0 aliphatic heterocycles. The number of hydrogen-bond acceptors (Lipinski definition) is 3. The van der Waals surface area contributed by atoms with Crippen molar-refractivity contribution in [2.75, 3.05) is 6.61 Å². The van der Waals surface area contributed by atoms with E-state index in [1.807, 2.05) is 34.6 Å². The summed E-state index contributed by atoms with van der Waals surface area (Å²) in [5.74, 6) is -0.717. The van der Waals surface area contributed by atoms with E-state index in [4.69, 9.17) is 4.74 Å². The van der Waals surface area contributed by atoms with Crippen LogP contribution in [0.1, 0.15) is 50.7 Å². The summed E-state index contributed by atoms with van der Waals surface area (Å²) < 4.78 is 19.6. The van der Waals surface area contributed by atoms with Crippen LogP contribution in [0.5, 0.6) is 5.75 Å². The van der Waals surface area contributed by atoms with Gasteiger partial charge in [-0.25, -0.2) is 14.2 Å². The van der Waals surface area contributed by atoms with Gasteiger partial charge in [0, 0.05) is 11.6 Å². The van der Waals surface area contributed by atoms with E-state index in [-0.39, 0.29) is 5.56 Å². The topological polar surface area (TPSA) is 59.4 Å². The molecule has 4 nitrogen and oxygen atoms in total. The van der Waals surface area contributed by atoms with Crippen molar-refractivity contribution in [3.63, 3.8) is 0 Å². The van der Waals surface area contributed by atoms with E-state index >= 15 is 0 Å². The van der Waals surface area contributed by atoms with Crippen molar-refractivity contribution < 1.29 is 19.0 Å². The van der Waals surface area contributed by atoms with Crippen LogP contribution in [0.2, 0.25) is 0 Å². The molecule has 0 spiro atoms. The lowest BCUT2D eigenvalue weighted by molar-refractivity contribution is 0.0696. The zero-order valence-corrected chi connectivity index (χ0v) is 15.8. The summed E-state index contributed by atoms with van der Waals surface area (Å²) in [5, 5.41) is 9.43. The van der Waals surface area contributed by atoms with Crippen LogP contribution in [0.25, 0.3) is 16.8 Å². The molecule has 0 aliphatic carbocycles. The van der Waals surface area contributed by atoms with Gasteiger partial charge < -0.3 is 9.84 Å². The first-order valence-electron chi connectivity index (χ1n) is 8.51. The number of aromatic nitrogens is 1. The van der Waals surface area contributed by atoms with Gasteiger partial charge in [0.2, 0.25) is 0 Å². The van der Waals surface area contributed by atoms with Crippen molar-refractivity contribution >= 4 is 11.5 Å². The molecule has 26 heavy (non-hydrogen) atoms. The van der Waals surface area contributed by atoms with Crippen molar-refractivity contribution in [3.8, 4) is 17.0 Å². The Hall–Kier alpha value is -2.69. The molecular formula is C21H24FNO3. The fourth-order valence-electron chi connectivity index (χ4n) is 2.37. The second kappa shape index (κ2) is 8.13. The molecule has 0 amide bonds. The second-order valence-corrected chi connectivity index (χ2v) is 6.90. The number of ether oxygens (including phenoxy) is 1. The first kappa shape index (κ1) is 19.6. The van der Waals surface area contributed by atoms with E-state index in [9.17, 15) is 14.3 Å². The van der Waals surface area contributed by atoms with Crippen molar-refractivity contribution in [2.24, 2.45) is 5.92 Å². The lowest BCUT2D eigenvalue weighted by atomic mass is 10.0. The number of benzene rings is 1. The third kappa shape index (κ3) is 4.69. The Kier molecular flexibility index (Phi) is 6.14. The van der Waals surface area contributed by atoms with E-state index in [1.165, 1.54) is 18.2 Å². The summed E-state index contributed by atoms with van der Waals surface area (Å²) in [6.07, 6.45) is 0. The molecule has 0 unspecified atom stereocenters. The summed E-state index contributed by atoms with van der Waals surface area (Å²) in [5.41, 5.74) is 3.32. The quantitative estimate of drug-likeness (QED) is 0.748. The lowest BCUT2D eigenvalue weighted by Crippen LogP contribution is -2.06. The van der Waals surface area contributed by atoms with E-state index in [0.717, 1.165) is 11.1 Å². The number of carbonyl (C=O) groups is 1. The molecule has 138 valence electrons. The molecule has 1 aromatic carbocycles. The maximum absolute atomic E-state index is 14.0. The third-order valence-electron chi connectivity index (χ3n) is 3.98. The molecule has 2 rings (SSSR count). The Balaban J connectivity index is 2.54. The minimum atomic E-state index is -1.04. The molecule has 0 atom stereocenters.